The van der Waals surface area contributed by atoms with Gasteiger partial charge in [-0.2, -0.15) is 17.5 Å². The van der Waals surface area contributed by atoms with E-state index in [1.807, 2.05) is 0 Å². The summed E-state index contributed by atoms with van der Waals surface area (Å²) < 4.78 is 78.8. The molecule has 0 saturated carbocycles. The molecule has 2 aromatic heterocycles. The van der Waals surface area contributed by atoms with Gasteiger partial charge in [0.15, 0.2) is 0 Å². The first kappa shape index (κ1) is 25.5. The van der Waals surface area contributed by atoms with Crippen molar-refractivity contribution in [3.63, 3.8) is 0 Å². The van der Waals surface area contributed by atoms with Crippen molar-refractivity contribution >= 4 is 21.7 Å². The monoisotopic (exact) mass is 523 g/mol. The molecule has 0 radical (unpaired) electrons. The molecular formula is C23H21F4N5O3S. The van der Waals surface area contributed by atoms with Crippen LogP contribution >= 0.6 is 0 Å². The molecule has 4 rings (SSSR count). The van der Waals surface area contributed by atoms with Crippen molar-refractivity contribution < 1.29 is 30.8 Å². The molecule has 1 amide bonds. The van der Waals surface area contributed by atoms with Crippen molar-refractivity contribution in [2.75, 3.05) is 12.3 Å². The van der Waals surface area contributed by atoms with Gasteiger partial charge < -0.3 is 11.1 Å². The van der Waals surface area contributed by atoms with E-state index in [1.165, 1.54) is 12.3 Å². The van der Waals surface area contributed by atoms with Gasteiger partial charge in [0.25, 0.3) is 0 Å². The van der Waals surface area contributed by atoms with E-state index in [0.717, 1.165) is 34.6 Å². The Kier molecular flexibility index (Phi) is 6.96. The minimum absolute atomic E-state index is 0.0171. The number of nitrogens with two attached hydrogens (primary N) is 1. The van der Waals surface area contributed by atoms with Crippen LogP contribution in [-0.2, 0) is 27.5 Å². The molecule has 0 spiro atoms. The van der Waals surface area contributed by atoms with Gasteiger partial charge in [0.1, 0.15) is 23.4 Å². The van der Waals surface area contributed by atoms with Gasteiger partial charge in [-0.05, 0) is 66.9 Å². The summed E-state index contributed by atoms with van der Waals surface area (Å²) >= 11 is 0. The van der Waals surface area contributed by atoms with Crippen LogP contribution in [-0.4, -0.2) is 41.2 Å². The number of alkyl halides is 3. The maximum atomic E-state index is 13.2. The molecule has 1 fully saturated rings. The molecule has 1 aliphatic rings. The lowest BCUT2D eigenvalue weighted by Crippen LogP contribution is -2.45. The molecule has 1 unspecified atom stereocenters. The molecule has 36 heavy (non-hydrogen) atoms. The van der Waals surface area contributed by atoms with Gasteiger partial charge in [-0.25, -0.2) is 17.8 Å². The van der Waals surface area contributed by atoms with Crippen molar-refractivity contribution in [3.05, 3.63) is 71.8 Å². The molecule has 3 aromatic rings. The van der Waals surface area contributed by atoms with Crippen molar-refractivity contribution in [2.24, 2.45) is 0 Å². The number of hydrogen-bond acceptors (Lipinski definition) is 6. The van der Waals surface area contributed by atoms with Crippen LogP contribution in [0.4, 0.5) is 23.4 Å². The molecule has 0 aliphatic carbocycles. The molecule has 1 saturated heterocycles. The molecule has 8 nitrogen and oxygen atoms in total. The number of rotatable bonds is 6. The van der Waals surface area contributed by atoms with E-state index in [-0.39, 0.29) is 35.1 Å². The summed E-state index contributed by atoms with van der Waals surface area (Å²) in [5.41, 5.74) is 5.62. The van der Waals surface area contributed by atoms with Gasteiger partial charge in [0, 0.05) is 24.8 Å². The highest BCUT2D eigenvalue weighted by Gasteiger charge is 2.39. The summed E-state index contributed by atoms with van der Waals surface area (Å²) in [6, 6.07) is 8.56. The average molecular weight is 524 g/mol. The molecule has 1 atom stereocenters. The van der Waals surface area contributed by atoms with Gasteiger partial charge in [0.2, 0.25) is 15.9 Å². The maximum absolute atomic E-state index is 13.2. The Labute approximate surface area is 204 Å². The zero-order valence-electron chi connectivity index (χ0n) is 18.7. The number of pyridine rings is 2. The normalized spacial score (nSPS) is 16.7. The Balaban J connectivity index is 1.47. The van der Waals surface area contributed by atoms with E-state index in [2.05, 4.69) is 15.3 Å². The number of nitrogens with zero attached hydrogens (tertiary/aromatic N) is 3. The predicted octanol–water partition coefficient (Wildman–Crippen LogP) is 3.35. The van der Waals surface area contributed by atoms with Crippen LogP contribution in [0.5, 0.6) is 0 Å². The lowest BCUT2D eigenvalue weighted by molar-refractivity contribution is -0.141. The Morgan fingerprint density at radius 1 is 1.14 bits per heavy atom. The summed E-state index contributed by atoms with van der Waals surface area (Å²) in [5.74, 6) is -1.42. The lowest BCUT2D eigenvalue weighted by Gasteiger charge is -2.23. The number of nitrogens with one attached hydrogen (secondary N) is 1. The van der Waals surface area contributed by atoms with Gasteiger partial charge in [-0.15, -0.1) is 0 Å². The smallest absolute Gasteiger partial charge is 0.383 e. The highest BCUT2D eigenvalue weighted by molar-refractivity contribution is 7.89. The third-order valence-electron chi connectivity index (χ3n) is 5.71. The number of benzene rings is 1. The molecule has 0 bridgehead atoms. The predicted molar refractivity (Wildman–Crippen MR) is 122 cm³/mol. The number of halogens is 4. The van der Waals surface area contributed by atoms with Crippen molar-refractivity contribution in [1.29, 1.82) is 0 Å². The molecule has 3 heterocycles. The lowest BCUT2D eigenvalue weighted by atomic mass is 10.1. The number of anilines is 1. The van der Waals surface area contributed by atoms with E-state index in [4.69, 9.17) is 5.73 Å². The highest BCUT2D eigenvalue weighted by Crippen LogP contribution is 2.32. The fourth-order valence-corrected chi connectivity index (χ4v) is 5.58. The summed E-state index contributed by atoms with van der Waals surface area (Å²) in [4.78, 5) is 20.3. The van der Waals surface area contributed by atoms with Crippen LogP contribution in [0, 0.1) is 5.82 Å². The second kappa shape index (κ2) is 9.82. The number of nitrogen functional groups attached to an aromatic ring is 1. The second-order valence-corrected chi connectivity index (χ2v) is 10.0. The van der Waals surface area contributed by atoms with Crippen molar-refractivity contribution in [1.82, 2.24) is 19.6 Å². The van der Waals surface area contributed by atoms with Crippen LogP contribution in [0.25, 0.3) is 11.3 Å². The minimum atomic E-state index is -4.63. The van der Waals surface area contributed by atoms with Gasteiger partial charge in [-0.1, -0.05) is 0 Å². The first-order valence-corrected chi connectivity index (χ1v) is 12.2. The zero-order chi connectivity index (χ0) is 26.1. The third kappa shape index (κ3) is 5.31. The molecule has 190 valence electrons. The quantitative estimate of drug-likeness (QED) is 0.479. The van der Waals surface area contributed by atoms with Gasteiger partial charge in [0.05, 0.1) is 10.6 Å². The molecule has 13 heteroatoms. The summed E-state index contributed by atoms with van der Waals surface area (Å²) in [5, 5.41) is 2.70. The number of carbonyl (C=O) groups excluding carboxylic acids is 1. The van der Waals surface area contributed by atoms with Gasteiger partial charge >= 0.3 is 6.18 Å². The number of carbonyl (C=O) groups is 1. The fraction of sp³-hybridized carbons (Fsp3) is 0.261. The Bertz CT molecular complexity index is 1380. The number of hydrogen-bond donors (Lipinski definition) is 2. The Morgan fingerprint density at radius 3 is 2.53 bits per heavy atom. The molecular weight excluding hydrogens is 502 g/mol. The molecule has 1 aromatic carbocycles. The largest absolute Gasteiger partial charge is 0.433 e. The fourth-order valence-electron chi connectivity index (χ4n) is 3.92. The minimum Gasteiger partial charge on any atom is -0.383 e. The van der Waals surface area contributed by atoms with E-state index >= 15 is 0 Å². The number of amides is 1. The topological polar surface area (TPSA) is 118 Å². The second-order valence-electron chi connectivity index (χ2n) is 8.12. The third-order valence-corrected chi connectivity index (χ3v) is 7.63. The van der Waals surface area contributed by atoms with Crippen LogP contribution < -0.4 is 11.1 Å². The molecule has 3 N–H and O–H groups in total. The van der Waals surface area contributed by atoms with Crippen LogP contribution in [0.1, 0.15) is 24.1 Å². The van der Waals surface area contributed by atoms with Gasteiger partial charge in [-0.3, -0.25) is 9.78 Å². The van der Waals surface area contributed by atoms with E-state index < -0.39 is 39.7 Å². The molecule has 1 aliphatic heterocycles. The van der Waals surface area contributed by atoms with E-state index in [1.54, 1.807) is 12.1 Å². The van der Waals surface area contributed by atoms with Crippen LogP contribution in [0.3, 0.4) is 0 Å². The highest BCUT2D eigenvalue weighted by atomic mass is 32.2. The SMILES string of the molecule is Nc1nc(C(F)(F)F)ccc1-c1cc(CNC(=O)C2CCCN2S(=O)(=O)c2ccc(F)cc2)ccn1. The average Bonchev–Trinajstić information content (AvgIpc) is 3.33. The Morgan fingerprint density at radius 2 is 1.86 bits per heavy atom. The van der Waals surface area contributed by atoms with Crippen molar-refractivity contribution in [3.8, 4) is 11.3 Å². The van der Waals surface area contributed by atoms with Crippen LogP contribution in [0.2, 0.25) is 0 Å². The Hall–Kier alpha value is -3.58. The number of sulfonamides is 1. The summed E-state index contributed by atoms with van der Waals surface area (Å²) in [6.07, 6.45) is -2.42. The van der Waals surface area contributed by atoms with E-state index in [0.29, 0.717) is 18.4 Å². The standard InChI is InChI=1S/C23H21F4N5O3S/c24-15-3-5-16(6-4-15)36(34,35)32-11-1-2-19(32)22(33)30-13-14-9-10-29-18(12-14)17-7-8-20(23(25,26)27)31-21(17)28/h3-10,12,19H,1-2,11,13H2,(H2,28,31)(H,30,33). The number of aromatic nitrogens is 2. The first-order valence-electron chi connectivity index (χ1n) is 10.8. The van der Waals surface area contributed by atoms with Crippen molar-refractivity contribution in [2.45, 2.75) is 36.5 Å². The first-order chi connectivity index (χ1) is 17.0. The van der Waals surface area contributed by atoms with Crippen LogP contribution in [0.15, 0.2) is 59.6 Å². The summed E-state index contributed by atoms with van der Waals surface area (Å²) in [6.45, 7) is 0.167. The summed E-state index contributed by atoms with van der Waals surface area (Å²) in [7, 11) is -4.00. The van der Waals surface area contributed by atoms with E-state index in [9.17, 15) is 30.8 Å². The zero-order valence-corrected chi connectivity index (χ0v) is 19.5. The maximum Gasteiger partial charge on any atom is 0.433 e.